The van der Waals surface area contributed by atoms with Crippen LogP contribution in [0, 0.1) is 0 Å². The van der Waals surface area contributed by atoms with Crippen molar-refractivity contribution in [2.24, 2.45) is 0 Å². The molecule has 0 bridgehead atoms. The average molecular weight is 1890 g/mol. The lowest BCUT2D eigenvalue weighted by atomic mass is 10.0. The Bertz CT molecular complexity index is 2790. The number of unbranched alkanes of at least 4 members (excludes halogenated alkanes) is 1. The molecule has 0 saturated heterocycles. The summed E-state index contributed by atoms with van der Waals surface area (Å²) < 4.78 is 154. The summed E-state index contributed by atoms with van der Waals surface area (Å²) in [6.45, 7) is 22.2. The van der Waals surface area contributed by atoms with Crippen molar-refractivity contribution in [3.63, 3.8) is 0 Å². The standard InChI is InChI=1S/C87H153N5O39/c93-77(12-19-91-83(98)8-9-84(91)99)5-3-21-104-27-33-110-40-45-116-49-53-120-57-61-124-65-69-128-73-74-130-71-67-126-63-59-122-55-51-118-47-43-113-36-30-107-24-15-82(97)90-78(79(94)7-4-22-105-28-34-111-39-41-114-37-31-108-25-16-87(102)103)6-1-2-17-88-81(96)14-23-106-29-35-112-42-46-117-50-54-121-58-62-125-66-70-129-75-76-131-72-68-127-64-60-123-56-52-119-48-44-115-38-32-109-26-18-89-80(95)13-20-92-85(100)10-11-86(92)101/h8-11,78H,1-7,12-76H2,(H,88,96)(H,89,95)(H,90,97)(H,102,103)/t78-/m0/s1. The largest absolute Gasteiger partial charge is 0.481 e. The van der Waals surface area contributed by atoms with Gasteiger partial charge in [0.1, 0.15) is 5.78 Å². The van der Waals surface area contributed by atoms with E-state index in [4.69, 9.17) is 138 Å². The van der Waals surface area contributed by atoms with Gasteiger partial charge in [0.05, 0.1) is 369 Å². The first kappa shape index (κ1) is 121. The minimum atomic E-state index is -0.922. The second kappa shape index (κ2) is 95.6. The molecule has 0 aliphatic carbocycles. The molecule has 0 aromatic carbocycles. The Balaban J connectivity index is 1.35. The molecule has 0 aromatic rings. The summed E-state index contributed by atoms with van der Waals surface area (Å²) >= 11 is 0. The molecule has 760 valence electrons. The first-order chi connectivity index (χ1) is 64.4. The predicted octanol–water partition coefficient (Wildman–Crippen LogP) is -0.0776. The number of carboxylic acid groups (broad SMARTS) is 1. The van der Waals surface area contributed by atoms with Crippen molar-refractivity contribution in [1.29, 1.82) is 0 Å². The number of ether oxygens (including phenoxy) is 28. The van der Waals surface area contributed by atoms with Gasteiger partial charge in [-0.2, -0.15) is 0 Å². The Kier molecular flexibility index (Phi) is 88.2. The Morgan fingerprint density at radius 2 is 0.450 bits per heavy atom. The zero-order chi connectivity index (χ0) is 94.2. The third-order valence-electron chi connectivity index (χ3n) is 17.7. The SMILES string of the molecule is O=C(O)CCOCCOCCOCCOCCCC(=O)[C@H](CCCCNC(=O)CCOCCOCCOCCOCCOCCOCCOCCOCCOCCOCCOCCOCCNC(=O)CCN1C(=O)C=CC1=O)NC(=O)CCOCCOCCOCCOCCOCCOCCOCCOCCOCCOCCOCCOCCCC(=O)CCN1C(=O)C=CC1=O. The fourth-order valence-electron chi connectivity index (χ4n) is 10.8. The van der Waals surface area contributed by atoms with E-state index >= 15 is 0 Å². The number of aliphatic carboxylic acids is 1. The summed E-state index contributed by atoms with van der Waals surface area (Å²) in [5.41, 5.74) is 0. The first-order valence-electron chi connectivity index (χ1n) is 45.7. The highest BCUT2D eigenvalue weighted by molar-refractivity contribution is 6.13. The van der Waals surface area contributed by atoms with Crippen molar-refractivity contribution in [3.05, 3.63) is 24.3 Å². The van der Waals surface area contributed by atoms with Crippen LogP contribution in [-0.2, 0) is 181 Å². The molecule has 4 N–H and O–H groups in total. The van der Waals surface area contributed by atoms with Crippen molar-refractivity contribution in [3.8, 4) is 0 Å². The Morgan fingerprint density at radius 3 is 0.733 bits per heavy atom. The second-order valence-corrected chi connectivity index (χ2v) is 28.1. The van der Waals surface area contributed by atoms with Gasteiger partial charge < -0.3 is 154 Å². The number of carbonyl (C=O) groups is 10. The molecule has 0 unspecified atom stereocenters. The van der Waals surface area contributed by atoms with E-state index in [1.54, 1.807) is 0 Å². The third kappa shape index (κ3) is 84.1. The molecule has 44 heteroatoms. The number of hydrogen-bond donors (Lipinski definition) is 4. The predicted molar refractivity (Wildman–Crippen MR) is 466 cm³/mol. The van der Waals surface area contributed by atoms with E-state index < -0.39 is 23.8 Å². The smallest absolute Gasteiger partial charge is 0.305 e. The number of Topliss-reactive ketones (excluding diaryl/α,β-unsaturated/α-hetero) is 2. The van der Waals surface area contributed by atoms with Crippen molar-refractivity contribution in [2.75, 3.05) is 396 Å². The molecule has 0 saturated carbocycles. The number of carbonyl (C=O) groups excluding carboxylic acids is 9. The number of nitrogens with one attached hydrogen (secondary N) is 3. The van der Waals surface area contributed by atoms with Crippen molar-refractivity contribution in [1.82, 2.24) is 25.8 Å². The highest BCUT2D eigenvalue weighted by Gasteiger charge is 2.26. The summed E-state index contributed by atoms with van der Waals surface area (Å²) in [5.74, 6) is -3.43. The lowest BCUT2D eigenvalue weighted by Crippen LogP contribution is -2.41. The average Bonchev–Trinajstić information content (AvgIpc) is 1.89. The van der Waals surface area contributed by atoms with Gasteiger partial charge in [-0.15, -0.1) is 0 Å². The first-order valence-corrected chi connectivity index (χ1v) is 45.7. The number of amides is 7. The van der Waals surface area contributed by atoms with E-state index in [1.165, 1.54) is 24.3 Å². The zero-order valence-corrected chi connectivity index (χ0v) is 77.2. The highest BCUT2D eigenvalue weighted by Crippen LogP contribution is 2.10. The summed E-state index contributed by atoms with van der Waals surface area (Å²) in [6, 6.07) is -0.726. The molecule has 7 amide bonds. The van der Waals surface area contributed by atoms with Crippen LogP contribution in [0.5, 0.6) is 0 Å². The molecule has 2 heterocycles. The quantitative estimate of drug-likeness (QED) is 0.0457. The van der Waals surface area contributed by atoms with Crippen LogP contribution >= 0.6 is 0 Å². The normalized spacial score (nSPS) is 12.9. The van der Waals surface area contributed by atoms with Crippen LogP contribution in [0.4, 0.5) is 0 Å². The van der Waals surface area contributed by atoms with Gasteiger partial charge in [0.15, 0.2) is 5.78 Å². The van der Waals surface area contributed by atoms with E-state index in [0.29, 0.717) is 395 Å². The number of nitrogens with zero attached hydrogens (tertiary/aromatic N) is 2. The van der Waals surface area contributed by atoms with Gasteiger partial charge in [-0.1, -0.05) is 0 Å². The van der Waals surface area contributed by atoms with Gasteiger partial charge in [0.2, 0.25) is 17.7 Å². The van der Waals surface area contributed by atoms with Crippen LogP contribution < -0.4 is 16.0 Å². The lowest BCUT2D eigenvalue weighted by Gasteiger charge is -2.18. The molecule has 0 aromatic heterocycles. The monoisotopic (exact) mass is 1890 g/mol. The van der Waals surface area contributed by atoms with Gasteiger partial charge in [0.25, 0.3) is 23.6 Å². The van der Waals surface area contributed by atoms with E-state index in [2.05, 4.69) is 16.0 Å². The Labute approximate surface area is 770 Å². The maximum absolute atomic E-state index is 13.4. The number of hydrogen-bond acceptors (Lipinski definition) is 38. The van der Waals surface area contributed by atoms with Crippen LogP contribution in [0.15, 0.2) is 24.3 Å². The second-order valence-electron chi connectivity index (χ2n) is 28.1. The maximum Gasteiger partial charge on any atom is 0.305 e. The molecular weight excluding hydrogens is 1740 g/mol. The molecule has 0 fully saturated rings. The molecule has 2 rings (SSSR count). The summed E-state index contributed by atoms with van der Waals surface area (Å²) in [5, 5.41) is 17.1. The van der Waals surface area contributed by atoms with Gasteiger partial charge in [-0.05, 0) is 32.1 Å². The number of rotatable bonds is 108. The van der Waals surface area contributed by atoms with E-state index in [9.17, 15) is 47.9 Å². The summed E-state index contributed by atoms with van der Waals surface area (Å²) in [4.78, 5) is 122. The third-order valence-corrected chi connectivity index (χ3v) is 17.7. The van der Waals surface area contributed by atoms with E-state index in [1.807, 2.05) is 0 Å². The van der Waals surface area contributed by atoms with Gasteiger partial charge in [-0.3, -0.25) is 57.7 Å². The fraction of sp³-hybridized carbons (Fsp3) is 0.839. The van der Waals surface area contributed by atoms with Crippen molar-refractivity contribution >= 4 is 58.9 Å². The minimum Gasteiger partial charge on any atom is -0.481 e. The molecule has 1 atom stereocenters. The summed E-state index contributed by atoms with van der Waals surface area (Å²) in [7, 11) is 0. The topological polar surface area (TPSA) is 492 Å². The minimum absolute atomic E-state index is 0.0215. The van der Waals surface area contributed by atoms with Gasteiger partial charge >= 0.3 is 5.97 Å². The molecular formula is C87H153N5O39. The van der Waals surface area contributed by atoms with E-state index in [0.717, 1.165) is 9.80 Å². The van der Waals surface area contributed by atoms with Crippen LogP contribution in [0.25, 0.3) is 0 Å². The fourth-order valence-corrected chi connectivity index (χ4v) is 10.8. The van der Waals surface area contributed by atoms with E-state index in [-0.39, 0.29) is 119 Å². The molecule has 0 radical (unpaired) electrons. The van der Waals surface area contributed by atoms with Crippen LogP contribution in [0.2, 0.25) is 0 Å². The molecule has 0 spiro atoms. The zero-order valence-electron chi connectivity index (χ0n) is 77.2. The number of ketones is 2. The van der Waals surface area contributed by atoms with Crippen LogP contribution in [-0.4, -0.2) is 476 Å². The lowest BCUT2D eigenvalue weighted by molar-refractivity contribution is -0.139. The molecule has 2 aliphatic rings. The Morgan fingerprint density at radius 1 is 0.229 bits per heavy atom. The highest BCUT2D eigenvalue weighted by atomic mass is 16.6. The molecule has 44 nitrogen and oxygen atoms in total. The summed E-state index contributed by atoms with van der Waals surface area (Å²) in [6.07, 6.45) is 8.16. The van der Waals surface area contributed by atoms with Gasteiger partial charge in [-0.25, -0.2) is 0 Å². The molecule has 131 heavy (non-hydrogen) atoms. The molecule has 2 aliphatic heterocycles. The Hall–Kier alpha value is -6.14. The maximum atomic E-state index is 13.4. The van der Waals surface area contributed by atoms with Gasteiger partial charge in [0, 0.05) is 102 Å². The number of carboxylic acids is 1. The van der Waals surface area contributed by atoms with Crippen LogP contribution in [0.1, 0.15) is 77.0 Å². The van der Waals surface area contributed by atoms with Crippen LogP contribution in [0.3, 0.4) is 0 Å². The van der Waals surface area contributed by atoms with Crippen molar-refractivity contribution < 1.29 is 186 Å². The number of imide groups is 2. The van der Waals surface area contributed by atoms with Crippen molar-refractivity contribution in [2.45, 2.75) is 83.1 Å².